The first-order valence-corrected chi connectivity index (χ1v) is 9.49. The lowest BCUT2D eigenvalue weighted by atomic mass is 10.1. The van der Waals surface area contributed by atoms with Gasteiger partial charge in [-0.15, -0.1) is 0 Å². The van der Waals surface area contributed by atoms with Gasteiger partial charge in [0.05, 0.1) is 11.1 Å². The van der Waals surface area contributed by atoms with Gasteiger partial charge < -0.3 is 9.73 Å². The second-order valence-corrected chi connectivity index (χ2v) is 7.41. The molecule has 1 amide bonds. The van der Waals surface area contributed by atoms with Crippen molar-refractivity contribution in [1.82, 2.24) is 9.97 Å². The summed E-state index contributed by atoms with van der Waals surface area (Å²) >= 11 is 3.27. The molecule has 4 rings (SSSR count). The molecular weight excluding hydrogens is 477 g/mol. The minimum atomic E-state index is -1.08. The molecule has 2 aromatic heterocycles. The van der Waals surface area contributed by atoms with Crippen molar-refractivity contribution in [2.24, 2.45) is 0 Å². The van der Waals surface area contributed by atoms with Crippen LogP contribution in [0.4, 0.5) is 18.9 Å². The molecule has 1 N–H and O–H groups in total. The first-order chi connectivity index (χ1) is 14.8. The minimum absolute atomic E-state index is 0.0144. The fourth-order valence-corrected chi connectivity index (χ4v) is 3.25. The van der Waals surface area contributed by atoms with Crippen LogP contribution in [-0.2, 0) is 0 Å². The van der Waals surface area contributed by atoms with E-state index >= 15 is 0 Å². The zero-order chi connectivity index (χ0) is 22.3. The lowest BCUT2D eigenvalue weighted by Gasteiger charge is -2.12. The average Bonchev–Trinajstić information content (AvgIpc) is 3.14. The van der Waals surface area contributed by atoms with Crippen molar-refractivity contribution in [3.8, 4) is 17.5 Å². The monoisotopic (exact) mass is 486 g/mol. The number of hydrogen-bond donors (Lipinski definition) is 1. The maximum Gasteiger partial charge on any atom is 0.258 e. The van der Waals surface area contributed by atoms with Crippen molar-refractivity contribution < 1.29 is 22.4 Å². The average molecular weight is 487 g/mol. The normalized spacial score (nSPS) is 10.8. The first kappa shape index (κ1) is 20.6. The van der Waals surface area contributed by atoms with Crippen LogP contribution in [0.3, 0.4) is 0 Å². The summed E-state index contributed by atoms with van der Waals surface area (Å²) in [5.41, 5.74) is 0.162. The molecule has 0 aliphatic rings. The Morgan fingerprint density at radius 3 is 2.68 bits per heavy atom. The van der Waals surface area contributed by atoms with Crippen LogP contribution in [0, 0.1) is 35.7 Å². The minimum Gasteiger partial charge on any atom is -0.434 e. The van der Waals surface area contributed by atoms with E-state index in [-0.39, 0.29) is 17.1 Å². The topological polar surface area (TPSA) is 91.8 Å². The van der Waals surface area contributed by atoms with Crippen molar-refractivity contribution in [2.45, 2.75) is 6.92 Å². The number of fused-ring (bicyclic) bond motifs is 1. The second kappa shape index (κ2) is 7.85. The highest BCUT2D eigenvalue weighted by Gasteiger charge is 2.20. The van der Waals surface area contributed by atoms with Crippen molar-refractivity contribution >= 4 is 38.8 Å². The van der Waals surface area contributed by atoms with Crippen LogP contribution in [0.5, 0.6) is 0 Å². The van der Waals surface area contributed by atoms with Crippen LogP contribution in [0.15, 0.2) is 45.4 Å². The number of carbonyl (C=O) groups is 1. The number of aromatic nitrogens is 2. The molecule has 0 saturated heterocycles. The summed E-state index contributed by atoms with van der Waals surface area (Å²) in [5, 5.41) is 11.1. The van der Waals surface area contributed by atoms with Crippen LogP contribution in [0.25, 0.3) is 22.7 Å². The van der Waals surface area contributed by atoms with Gasteiger partial charge in [0.1, 0.15) is 23.5 Å². The van der Waals surface area contributed by atoms with Gasteiger partial charge in [-0.3, -0.25) is 4.79 Å². The number of benzene rings is 2. The molecule has 0 spiro atoms. The number of pyridine rings is 1. The van der Waals surface area contributed by atoms with Gasteiger partial charge in [-0.2, -0.15) is 10.2 Å². The van der Waals surface area contributed by atoms with Crippen molar-refractivity contribution in [2.75, 3.05) is 5.32 Å². The summed E-state index contributed by atoms with van der Waals surface area (Å²) in [5.74, 6) is -3.78. The molecule has 0 aliphatic carbocycles. The maximum absolute atomic E-state index is 14.3. The summed E-state index contributed by atoms with van der Waals surface area (Å²) in [6.45, 7) is 1.58. The fraction of sp³-hybridized carbons (Fsp3) is 0.0476. The van der Waals surface area contributed by atoms with E-state index in [0.29, 0.717) is 33.4 Å². The number of amides is 1. The summed E-state index contributed by atoms with van der Waals surface area (Å²) in [4.78, 5) is 20.8. The van der Waals surface area contributed by atoms with Crippen molar-refractivity contribution in [3.05, 3.63) is 75.1 Å². The number of nitriles is 1. The number of oxazole rings is 1. The Labute approximate surface area is 181 Å². The van der Waals surface area contributed by atoms with Crippen LogP contribution < -0.4 is 5.32 Å². The van der Waals surface area contributed by atoms with E-state index in [1.165, 1.54) is 18.3 Å². The SMILES string of the molecule is Cc1c(NC(=O)c2cc(F)c(C#N)cc2F)cc(F)cc1-c1nc2ncc(Br)cc2o1. The van der Waals surface area contributed by atoms with Gasteiger partial charge >= 0.3 is 0 Å². The molecule has 31 heavy (non-hydrogen) atoms. The van der Waals surface area contributed by atoms with Gasteiger partial charge in [0.15, 0.2) is 11.2 Å². The van der Waals surface area contributed by atoms with Gasteiger partial charge in [-0.1, -0.05) is 0 Å². The summed E-state index contributed by atoms with van der Waals surface area (Å²) < 4.78 is 48.6. The molecular formula is C21H10BrF3N4O2. The van der Waals surface area contributed by atoms with E-state index < -0.39 is 34.5 Å². The zero-order valence-corrected chi connectivity index (χ0v) is 17.2. The molecule has 10 heteroatoms. The predicted octanol–water partition coefficient (Wildman–Crippen LogP) is 5.50. The Kier molecular flexibility index (Phi) is 5.20. The molecule has 2 aromatic carbocycles. The van der Waals surface area contributed by atoms with Crippen LogP contribution >= 0.6 is 15.9 Å². The van der Waals surface area contributed by atoms with E-state index in [4.69, 9.17) is 9.68 Å². The second-order valence-electron chi connectivity index (χ2n) is 6.50. The highest BCUT2D eigenvalue weighted by molar-refractivity contribution is 9.10. The molecule has 154 valence electrons. The van der Waals surface area contributed by atoms with E-state index in [0.717, 1.165) is 6.07 Å². The Morgan fingerprint density at radius 2 is 1.94 bits per heavy atom. The molecule has 0 radical (unpaired) electrons. The van der Waals surface area contributed by atoms with Crippen LogP contribution in [0.2, 0.25) is 0 Å². The zero-order valence-electron chi connectivity index (χ0n) is 15.6. The van der Waals surface area contributed by atoms with Crippen LogP contribution in [0.1, 0.15) is 21.5 Å². The van der Waals surface area contributed by atoms with Crippen molar-refractivity contribution in [1.29, 1.82) is 5.26 Å². The number of rotatable bonds is 3. The molecule has 4 aromatic rings. The Morgan fingerprint density at radius 1 is 1.16 bits per heavy atom. The predicted molar refractivity (Wildman–Crippen MR) is 109 cm³/mol. The van der Waals surface area contributed by atoms with Gasteiger partial charge in [0, 0.05) is 28.0 Å². The smallest absolute Gasteiger partial charge is 0.258 e. The van der Waals surface area contributed by atoms with E-state index in [9.17, 15) is 18.0 Å². The Bertz CT molecular complexity index is 1410. The first-order valence-electron chi connectivity index (χ1n) is 8.70. The largest absolute Gasteiger partial charge is 0.434 e. The summed E-state index contributed by atoms with van der Waals surface area (Å²) in [7, 11) is 0. The molecule has 0 fully saturated rings. The van der Waals surface area contributed by atoms with Gasteiger partial charge in [0.2, 0.25) is 5.89 Å². The number of anilines is 1. The third-order valence-electron chi connectivity index (χ3n) is 4.49. The number of halogens is 4. The number of carbonyl (C=O) groups excluding carboxylic acids is 1. The third-order valence-corrected chi connectivity index (χ3v) is 4.92. The molecule has 6 nitrogen and oxygen atoms in total. The molecule has 0 aliphatic heterocycles. The standard InChI is InChI=1S/C21H10BrF3N4O2/c1-9-13(21-29-19-18(31-21)3-11(22)8-27-19)4-12(23)5-17(9)28-20(30)14-6-15(24)10(7-26)2-16(14)25/h2-6,8H,1H3,(H,28,30). The van der Waals surface area contributed by atoms with E-state index in [1.807, 2.05) is 0 Å². The summed E-state index contributed by atoms with van der Waals surface area (Å²) in [6.07, 6.45) is 1.53. The summed E-state index contributed by atoms with van der Waals surface area (Å²) in [6, 6.07) is 6.58. The highest BCUT2D eigenvalue weighted by atomic mass is 79.9. The number of hydrogen-bond acceptors (Lipinski definition) is 5. The van der Waals surface area contributed by atoms with Gasteiger partial charge in [-0.05, 0) is 52.7 Å². The molecule has 0 unspecified atom stereocenters. The lowest BCUT2D eigenvalue weighted by Crippen LogP contribution is -2.16. The van der Waals surface area contributed by atoms with E-state index in [2.05, 4.69) is 31.2 Å². The quantitative estimate of drug-likeness (QED) is 0.412. The van der Waals surface area contributed by atoms with Gasteiger partial charge in [0.25, 0.3) is 5.91 Å². The third kappa shape index (κ3) is 3.87. The molecule has 0 saturated carbocycles. The Balaban J connectivity index is 1.73. The lowest BCUT2D eigenvalue weighted by molar-refractivity contribution is 0.102. The molecule has 0 bridgehead atoms. The molecule has 2 heterocycles. The van der Waals surface area contributed by atoms with E-state index in [1.54, 1.807) is 13.0 Å². The fourth-order valence-electron chi connectivity index (χ4n) is 2.94. The van der Waals surface area contributed by atoms with Crippen LogP contribution in [-0.4, -0.2) is 15.9 Å². The van der Waals surface area contributed by atoms with Crippen molar-refractivity contribution in [3.63, 3.8) is 0 Å². The highest BCUT2D eigenvalue weighted by Crippen LogP contribution is 2.32. The molecule has 0 atom stereocenters. The number of nitrogens with one attached hydrogen (secondary N) is 1. The maximum atomic E-state index is 14.3. The Hall–Kier alpha value is -3.71. The van der Waals surface area contributed by atoms with Gasteiger partial charge in [-0.25, -0.2) is 18.2 Å². The number of nitrogens with zero attached hydrogens (tertiary/aromatic N) is 3.